The van der Waals surface area contributed by atoms with E-state index in [2.05, 4.69) is 12.0 Å². The van der Waals surface area contributed by atoms with Gasteiger partial charge in [0.25, 0.3) is 0 Å². The third-order valence-corrected chi connectivity index (χ3v) is 1.81. The Balaban J connectivity index is 2.23. The maximum absolute atomic E-state index is 5.75. The highest BCUT2D eigenvalue weighted by molar-refractivity contribution is 4.77. The van der Waals surface area contributed by atoms with E-state index in [9.17, 15) is 0 Å². The molecule has 3 heteroatoms. The highest BCUT2D eigenvalue weighted by Gasteiger charge is 1.98. The molecule has 0 aromatic carbocycles. The maximum Gasteiger partial charge on any atom is 0.0489 e. The average molecular weight is 153 g/mol. The second kappa shape index (κ2) is 4.13. The van der Waals surface area contributed by atoms with Gasteiger partial charge in [-0.1, -0.05) is 6.92 Å². The second-order valence-electron chi connectivity index (χ2n) is 2.73. The smallest absolute Gasteiger partial charge is 0.0489 e. The van der Waals surface area contributed by atoms with Crippen molar-refractivity contribution in [2.75, 3.05) is 0 Å². The molecule has 0 saturated heterocycles. The predicted molar refractivity (Wildman–Crippen MR) is 45.1 cm³/mol. The zero-order chi connectivity index (χ0) is 8.10. The van der Waals surface area contributed by atoms with E-state index in [-0.39, 0.29) is 0 Å². The molecule has 1 rings (SSSR count). The highest BCUT2D eigenvalue weighted by atomic mass is 15.3. The number of aromatic nitrogens is 2. The van der Waals surface area contributed by atoms with Crippen LogP contribution in [0.4, 0.5) is 0 Å². The molecule has 62 valence electrons. The van der Waals surface area contributed by atoms with Crippen LogP contribution in [0.2, 0.25) is 0 Å². The van der Waals surface area contributed by atoms with Crippen LogP contribution in [0.1, 0.15) is 19.8 Å². The molecule has 0 bridgehead atoms. The SMILES string of the molecule is CC[C@H](N)CCn1cccn1. The molecule has 0 unspecified atom stereocenters. The summed E-state index contributed by atoms with van der Waals surface area (Å²) in [7, 11) is 0. The van der Waals surface area contributed by atoms with Crippen LogP contribution in [-0.4, -0.2) is 15.8 Å². The van der Waals surface area contributed by atoms with E-state index in [1.54, 1.807) is 6.20 Å². The van der Waals surface area contributed by atoms with Crippen molar-refractivity contribution in [2.24, 2.45) is 5.73 Å². The van der Waals surface area contributed by atoms with Crippen LogP contribution in [0.3, 0.4) is 0 Å². The Labute approximate surface area is 67.2 Å². The molecule has 0 aliphatic rings. The molecule has 0 aliphatic carbocycles. The lowest BCUT2D eigenvalue weighted by Gasteiger charge is -2.07. The number of aryl methyl sites for hydroxylation is 1. The standard InChI is InChI=1S/C8H15N3/c1-2-8(9)4-7-11-6-3-5-10-11/h3,5-6,8H,2,4,7,9H2,1H3/t8-/m0/s1. The molecular weight excluding hydrogens is 138 g/mol. The Bertz CT molecular complexity index is 181. The average Bonchev–Trinajstić information content (AvgIpc) is 2.52. The van der Waals surface area contributed by atoms with Crippen LogP contribution < -0.4 is 5.73 Å². The molecule has 0 saturated carbocycles. The Morgan fingerprint density at radius 2 is 2.45 bits per heavy atom. The van der Waals surface area contributed by atoms with Crippen LogP contribution in [0, 0.1) is 0 Å². The van der Waals surface area contributed by atoms with Crippen molar-refractivity contribution >= 4 is 0 Å². The molecule has 1 aromatic rings. The van der Waals surface area contributed by atoms with Gasteiger partial charge in [0.15, 0.2) is 0 Å². The van der Waals surface area contributed by atoms with Gasteiger partial charge in [0.2, 0.25) is 0 Å². The summed E-state index contributed by atoms with van der Waals surface area (Å²) in [5, 5.41) is 4.08. The van der Waals surface area contributed by atoms with Crippen LogP contribution in [-0.2, 0) is 6.54 Å². The molecule has 11 heavy (non-hydrogen) atoms. The van der Waals surface area contributed by atoms with Crippen molar-refractivity contribution < 1.29 is 0 Å². The minimum atomic E-state index is 0.319. The molecule has 0 aliphatic heterocycles. The van der Waals surface area contributed by atoms with Gasteiger partial charge >= 0.3 is 0 Å². The maximum atomic E-state index is 5.75. The number of nitrogens with two attached hydrogens (primary N) is 1. The molecule has 0 radical (unpaired) electrons. The van der Waals surface area contributed by atoms with Crippen molar-refractivity contribution in [3.8, 4) is 0 Å². The summed E-state index contributed by atoms with van der Waals surface area (Å²) >= 11 is 0. The Morgan fingerprint density at radius 1 is 1.64 bits per heavy atom. The Morgan fingerprint density at radius 3 is 3.00 bits per heavy atom. The molecule has 2 N–H and O–H groups in total. The van der Waals surface area contributed by atoms with Gasteiger partial charge < -0.3 is 5.73 Å². The van der Waals surface area contributed by atoms with Crippen molar-refractivity contribution in [3.63, 3.8) is 0 Å². The Kier molecular flexibility index (Phi) is 3.11. The van der Waals surface area contributed by atoms with Crippen molar-refractivity contribution in [1.82, 2.24) is 9.78 Å². The third kappa shape index (κ3) is 2.72. The normalized spacial score (nSPS) is 13.3. The lowest BCUT2D eigenvalue weighted by Crippen LogP contribution is -2.20. The van der Waals surface area contributed by atoms with Gasteiger partial charge in [0, 0.05) is 25.0 Å². The lowest BCUT2D eigenvalue weighted by atomic mass is 10.2. The monoisotopic (exact) mass is 153 g/mol. The molecule has 1 atom stereocenters. The Hall–Kier alpha value is -0.830. The largest absolute Gasteiger partial charge is 0.328 e. The van der Waals surface area contributed by atoms with Crippen molar-refractivity contribution in [3.05, 3.63) is 18.5 Å². The first-order valence-corrected chi connectivity index (χ1v) is 4.06. The number of rotatable bonds is 4. The molecule has 1 heterocycles. The summed E-state index contributed by atoms with van der Waals surface area (Å²) in [6, 6.07) is 2.25. The minimum absolute atomic E-state index is 0.319. The zero-order valence-corrected chi connectivity index (χ0v) is 6.90. The number of nitrogens with zero attached hydrogens (tertiary/aromatic N) is 2. The molecule has 0 amide bonds. The summed E-state index contributed by atoms with van der Waals surface area (Å²) in [6.07, 6.45) is 5.80. The fraction of sp³-hybridized carbons (Fsp3) is 0.625. The second-order valence-corrected chi connectivity index (χ2v) is 2.73. The van der Waals surface area contributed by atoms with Gasteiger partial charge in [-0.25, -0.2) is 0 Å². The van der Waals surface area contributed by atoms with Crippen molar-refractivity contribution in [1.29, 1.82) is 0 Å². The first kappa shape index (κ1) is 8.27. The van der Waals surface area contributed by atoms with Gasteiger partial charge in [-0.15, -0.1) is 0 Å². The van der Waals surface area contributed by atoms with Gasteiger partial charge in [-0.2, -0.15) is 5.10 Å². The third-order valence-electron chi connectivity index (χ3n) is 1.81. The van der Waals surface area contributed by atoms with E-state index in [1.165, 1.54) is 0 Å². The first-order valence-electron chi connectivity index (χ1n) is 4.06. The van der Waals surface area contributed by atoms with Crippen LogP contribution in [0.25, 0.3) is 0 Å². The fourth-order valence-electron chi connectivity index (χ4n) is 0.935. The van der Waals surface area contributed by atoms with Crippen LogP contribution in [0.15, 0.2) is 18.5 Å². The van der Waals surface area contributed by atoms with Gasteiger partial charge in [0.1, 0.15) is 0 Å². The van der Waals surface area contributed by atoms with Crippen LogP contribution >= 0.6 is 0 Å². The van der Waals surface area contributed by atoms with Gasteiger partial charge in [0.05, 0.1) is 0 Å². The van der Waals surface area contributed by atoms with Crippen molar-refractivity contribution in [2.45, 2.75) is 32.4 Å². The molecule has 0 spiro atoms. The van der Waals surface area contributed by atoms with Gasteiger partial charge in [-0.05, 0) is 18.9 Å². The number of hydrogen-bond donors (Lipinski definition) is 1. The van der Waals surface area contributed by atoms with E-state index in [0.717, 1.165) is 19.4 Å². The molecular formula is C8H15N3. The number of hydrogen-bond acceptors (Lipinski definition) is 2. The summed E-state index contributed by atoms with van der Waals surface area (Å²) in [4.78, 5) is 0. The first-order chi connectivity index (χ1) is 5.33. The van der Waals surface area contributed by atoms with E-state index in [0.29, 0.717) is 6.04 Å². The molecule has 1 aromatic heterocycles. The minimum Gasteiger partial charge on any atom is -0.328 e. The van der Waals surface area contributed by atoms with E-state index in [1.807, 2.05) is 16.9 Å². The van der Waals surface area contributed by atoms with Gasteiger partial charge in [-0.3, -0.25) is 4.68 Å². The molecule has 0 fully saturated rings. The fourth-order valence-corrected chi connectivity index (χ4v) is 0.935. The highest BCUT2D eigenvalue weighted by Crippen LogP contribution is 1.96. The summed E-state index contributed by atoms with van der Waals surface area (Å²) < 4.78 is 1.91. The summed E-state index contributed by atoms with van der Waals surface area (Å²) in [6.45, 7) is 3.04. The summed E-state index contributed by atoms with van der Waals surface area (Å²) in [5.74, 6) is 0. The quantitative estimate of drug-likeness (QED) is 0.701. The van der Waals surface area contributed by atoms with E-state index >= 15 is 0 Å². The summed E-state index contributed by atoms with van der Waals surface area (Å²) in [5.41, 5.74) is 5.75. The van der Waals surface area contributed by atoms with E-state index < -0.39 is 0 Å². The van der Waals surface area contributed by atoms with E-state index in [4.69, 9.17) is 5.73 Å². The lowest BCUT2D eigenvalue weighted by molar-refractivity contribution is 0.501. The molecule has 3 nitrogen and oxygen atoms in total. The zero-order valence-electron chi connectivity index (χ0n) is 6.90. The predicted octanol–water partition coefficient (Wildman–Crippen LogP) is 1.01. The van der Waals surface area contributed by atoms with Crippen LogP contribution in [0.5, 0.6) is 0 Å². The topological polar surface area (TPSA) is 43.8 Å².